The molecule has 5 heteroatoms. The van der Waals surface area contributed by atoms with Crippen molar-refractivity contribution in [1.29, 1.82) is 0 Å². The highest BCUT2D eigenvalue weighted by Gasteiger charge is 2.16. The summed E-state index contributed by atoms with van der Waals surface area (Å²) in [6.45, 7) is 2.44. The zero-order valence-electron chi connectivity index (χ0n) is 10.1. The number of hydrogen-bond acceptors (Lipinski definition) is 4. The van der Waals surface area contributed by atoms with Crippen LogP contribution in [0.3, 0.4) is 0 Å². The fraction of sp³-hybridized carbons (Fsp3) is 0.231. The van der Waals surface area contributed by atoms with Gasteiger partial charge in [0.25, 0.3) is 0 Å². The topological polar surface area (TPSA) is 64.2 Å². The van der Waals surface area contributed by atoms with Gasteiger partial charge in [-0.15, -0.1) is 0 Å². The first kappa shape index (κ1) is 12.2. The summed E-state index contributed by atoms with van der Waals surface area (Å²) in [6.07, 6.45) is 1.40. The van der Waals surface area contributed by atoms with Crippen molar-refractivity contribution in [2.45, 2.75) is 13.5 Å². The van der Waals surface area contributed by atoms with Crippen LogP contribution in [0.2, 0.25) is 0 Å². The van der Waals surface area contributed by atoms with Crippen LogP contribution in [0, 0.1) is 0 Å². The Morgan fingerprint density at radius 1 is 1.33 bits per heavy atom. The highest BCUT2D eigenvalue weighted by Crippen LogP contribution is 2.16. The summed E-state index contributed by atoms with van der Waals surface area (Å²) in [4.78, 5) is 11.6. The molecule has 2 rings (SSSR count). The van der Waals surface area contributed by atoms with E-state index in [2.05, 4.69) is 10.2 Å². The first-order chi connectivity index (χ1) is 8.81. The Labute approximate surface area is 105 Å². The molecule has 2 aromatic rings. The quantitative estimate of drug-likeness (QED) is 0.821. The molecular formula is C13H14N2O3. The van der Waals surface area contributed by atoms with E-state index in [0.717, 1.165) is 5.56 Å². The number of aromatic nitrogens is 2. The van der Waals surface area contributed by atoms with Crippen molar-refractivity contribution in [3.63, 3.8) is 0 Å². The summed E-state index contributed by atoms with van der Waals surface area (Å²) < 4.78 is 10.4. The molecule has 5 nitrogen and oxygen atoms in total. The van der Waals surface area contributed by atoms with E-state index in [-0.39, 0.29) is 0 Å². The van der Waals surface area contributed by atoms with Crippen molar-refractivity contribution in [2.75, 3.05) is 6.61 Å². The number of carbonyl (C=O) groups is 1. The molecule has 18 heavy (non-hydrogen) atoms. The molecule has 0 aliphatic heterocycles. The molecular weight excluding hydrogens is 232 g/mol. The van der Waals surface area contributed by atoms with Crippen LogP contribution in [0.5, 0.6) is 5.88 Å². The van der Waals surface area contributed by atoms with Gasteiger partial charge in [-0.2, -0.15) is 5.10 Å². The lowest BCUT2D eigenvalue weighted by Gasteiger charge is -2.05. The Bertz CT molecular complexity index is 508. The number of nitrogens with one attached hydrogen (secondary N) is 1. The number of ether oxygens (including phenoxy) is 2. The van der Waals surface area contributed by atoms with Crippen LogP contribution in [0.15, 0.2) is 36.5 Å². The Kier molecular flexibility index (Phi) is 3.96. The van der Waals surface area contributed by atoms with Gasteiger partial charge in [-0.3, -0.25) is 0 Å². The van der Waals surface area contributed by atoms with Crippen molar-refractivity contribution in [1.82, 2.24) is 10.2 Å². The third kappa shape index (κ3) is 2.88. The maximum atomic E-state index is 11.6. The van der Waals surface area contributed by atoms with Crippen LogP contribution in [0.4, 0.5) is 0 Å². The predicted molar refractivity (Wildman–Crippen MR) is 65.3 cm³/mol. The molecule has 0 saturated carbocycles. The molecule has 0 amide bonds. The standard InChI is InChI=1S/C13H14N2O3/c1-2-17-13(16)11-8-14-15-12(11)18-9-10-6-4-3-5-7-10/h3-8H,2,9H2,1H3,(H,14,15). The van der Waals surface area contributed by atoms with Crippen molar-refractivity contribution in [3.8, 4) is 5.88 Å². The molecule has 0 spiro atoms. The highest BCUT2D eigenvalue weighted by molar-refractivity contribution is 5.91. The average molecular weight is 246 g/mol. The molecule has 0 bridgehead atoms. The SMILES string of the molecule is CCOC(=O)c1cn[nH]c1OCc1ccccc1. The smallest absolute Gasteiger partial charge is 0.345 e. The van der Waals surface area contributed by atoms with E-state index in [1.807, 2.05) is 30.3 Å². The summed E-state index contributed by atoms with van der Waals surface area (Å²) in [5, 5.41) is 6.43. The van der Waals surface area contributed by atoms with Gasteiger partial charge < -0.3 is 9.47 Å². The number of carbonyl (C=O) groups excluding carboxylic acids is 1. The summed E-state index contributed by atoms with van der Waals surface area (Å²) in [5.74, 6) is -0.105. The Balaban J connectivity index is 2.02. The van der Waals surface area contributed by atoms with Crippen LogP contribution in [0.25, 0.3) is 0 Å². The third-order valence-electron chi connectivity index (χ3n) is 2.33. The summed E-state index contributed by atoms with van der Waals surface area (Å²) in [5.41, 5.74) is 1.33. The molecule has 0 atom stereocenters. The number of nitrogens with zero attached hydrogens (tertiary/aromatic N) is 1. The van der Waals surface area contributed by atoms with E-state index in [1.54, 1.807) is 6.92 Å². The fourth-order valence-corrected chi connectivity index (χ4v) is 1.47. The molecule has 0 saturated heterocycles. The summed E-state index contributed by atoms with van der Waals surface area (Å²) >= 11 is 0. The normalized spacial score (nSPS) is 10.1. The predicted octanol–water partition coefficient (Wildman–Crippen LogP) is 2.17. The van der Waals surface area contributed by atoms with Crippen molar-refractivity contribution in [3.05, 3.63) is 47.7 Å². The Morgan fingerprint density at radius 3 is 2.83 bits per heavy atom. The molecule has 94 valence electrons. The van der Waals surface area contributed by atoms with Gasteiger partial charge in [-0.1, -0.05) is 30.3 Å². The van der Waals surface area contributed by atoms with Crippen molar-refractivity contribution in [2.24, 2.45) is 0 Å². The summed E-state index contributed by atoms with van der Waals surface area (Å²) in [7, 11) is 0. The van der Waals surface area contributed by atoms with Gasteiger partial charge >= 0.3 is 5.97 Å². The lowest BCUT2D eigenvalue weighted by atomic mass is 10.2. The molecule has 0 aliphatic carbocycles. The third-order valence-corrected chi connectivity index (χ3v) is 2.33. The zero-order valence-corrected chi connectivity index (χ0v) is 10.1. The second-order valence-corrected chi connectivity index (χ2v) is 3.61. The summed E-state index contributed by atoms with van der Waals surface area (Å²) in [6, 6.07) is 9.68. The average Bonchev–Trinajstić information content (AvgIpc) is 2.86. The second kappa shape index (κ2) is 5.86. The lowest BCUT2D eigenvalue weighted by molar-refractivity contribution is 0.0521. The first-order valence-electron chi connectivity index (χ1n) is 5.68. The zero-order chi connectivity index (χ0) is 12.8. The number of esters is 1. The fourth-order valence-electron chi connectivity index (χ4n) is 1.47. The van der Waals surface area contributed by atoms with Gasteiger partial charge in [-0.25, -0.2) is 9.89 Å². The number of hydrogen-bond donors (Lipinski definition) is 1. The van der Waals surface area contributed by atoms with Gasteiger partial charge in [0.05, 0.1) is 12.8 Å². The molecule has 0 fully saturated rings. The van der Waals surface area contributed by atoms with E-state index < -0.39 is 5.97 Å². The van der Waals surface area contributed by atoms with Gasteiger partial charge in [0, 0.05) is 0 Å². The molecule has 1 heterocycles. The highest BCUT2D eigenvalue weighted by atomic mass is 16.5. The first-order valence-corrected chi connectivity index (χ1v) is 5.68. The monoisotopic (exact) mass is 246 g/mol. The number of rotatable bonds is 5. The Hall–Kier alpha value is -2.30. The molecule has 1 N–H and O–H groups in total. The van der Waals surface area contributed by atoms with Crippen molar-refractivity contribution >= 4 is 5.97 Å². The van der Waals surface area contributed by atoms with Crippen LogP contribution in [-0.2, 0) is 11.3 Å². The van der Waals surface area contributed by atoms with E-state index in [0.29, 0.717) is 24.7 Å². The lowest BCUT2D eigenvalue weighted by Crippen LogP contribution is -2.06. The largest absolute Gasteiger partial charge is 0.472 e. The van der Waals surface area contributed by atoms with E-state index in [9.17, 15) is 4.79 Å². The maximum Gasteiger partial charge on any atom is 0.345 e. The molecule has 1 aromatic carbocycles. The van der Waals surface area contributed by atoms with Gasteiger partial charge in [0.1, 0.15) is 12.2 Å². The molecule has 0 unspecified atom stereocenters. The van der Waals surface area contributed by atoms with Gasteiger partial charge in [-0.05, 0) is 12.5 Å². The minimum absolute atomic E-state index is 0.313. The van der Waals surface area contributed by atoms with Gasteiger partial charge in [0.2, 0.25) is 5.88 Å². The van der Waals surface area contributed by atoms with Crippen LogP contribution >= 0.6 is 0 Å². The molecule has 1 aromatic heterocycles. The second-order valence-electron chi connectivity index (χ2n) is 3.61. The Morgan fingerprint density at radius 2 is 2.11 bits per heavy atom. The minimum Gasteiger partial charge on any atom is -0.472 e. The number of benzene rings is 1. The van der Waals surface area contributed by atoms with E-state index >= 15 is 0 Å². The van der Waals surface area contributed by atoms with Crippen LogP contribution < -0.4 is 4.74 Å². The number of H-pyrrole nitrogens is 1. The molecule has 0 radical (unpaired) electrons. The van der Waals surface area contributed by atoms with Crippen LogP contribution in [0.1, 0.15) is 22.8 Å². The van der Waals surface area contributed by atoms with E-state index in [4.69, 9.17) is 9.47 Å². The van der Waals surface area contributed by atoms with Gasteiger partial charge in [0.15, 0.2) is 0 Å². The molecule has 0 aliphatic rings. The maximum absolute atomic E-state index is 11.6. The van der Waals surface area contributed by atoms with E-state index in [1.165, 1.54) is 6.20 Å². The van der Waals surface area contributed by atoms with Crippen LogP contribution in [-0.4, -0.2) is 22.8 Å². The minimum atomic E-state index is -0.436. The van der Waals surface area contributed by atoms with Crippen molar-refractivity contribution < 1.29 is 14.3 Å². The number of aromatic amines is 1.